The average Bonchev–Trinajstić information content (AvgIpc) is 2.58. The van der Waals surface area contributed by atoms with E-state index in [4.69, 9.17) is 5.73 Å². The molecule has 0 aliphatic heterocycles. The van der Waals surface area contributed by atoms with Crippen molar-refractivity contribution >= 4 is 27.3 Å². The van der Waals surface area contributed by atoms with Gasteiger partial charge in [-0.05, 0) is 23.4 Å². The van der Waals surface area contributed by atoms with E-state index in [2.05, 4.69) is 11.9 Å². The number of carbonyl (C=O) groups is 1. The molecule has 0 aliphatic rings. The van der Waals surface area contributed by atoms with Crippen LogP contribution in [0.2, 0.25) is 0 Å². The monoisotopic (exact) mass is 220 g/mol. The molecule has 15 heavy (non-hydrogen) atoms. The maximum atomic E-state index is 11.3. The number of nitrogens with zero attached hydrogens (tertiary/aromatic N) is 1. The number of fused-ring (bicyclic) bond motifs is 1. The molecular weight excluding hydrogens is 208 g/mol. The van der Waals surface area contributed by atoms with Gasteiger partial charge in [-0.3, -0.25) is 9.78 Å². The molecule has 78 valence electrons. The number of hydrogen-bond acceptors (Lipinski definition) is 3. The van der Waals surface area contributed by atoms with Gasteiger partial charge in [-0.15, -0.1) is 11.3 Å². The van der Waals surface area contributed by atoms with Gasteiger partial charge in [0.25, 0.3) is 5.91 Å². The second-order valence-corrected chi connectivity index (χ2v) is 4.45. The molecule has 2 aromatic rings. The lowest BCUT2D eigenvalue weighted by molar-refractivity contribution is 0.100. The third-order valence-corrected chi connectivity index (χ3v) is 3.52. The molecule has 2 aromatic heterocycles. The summed E-state index contributed by atoms with van der Waals surface area (Å²) in [6, 6.07) is 1.95. The third-order valence-electron chi connectivity index (χ3n) is 2.32. The summed E-state index contributed by atoms with van der Waals surface area (Å²) in [5.74, 6) is -0.334. The first kappa shape index (κ1) is 10.1. The van der Waals surface area contributed by atoms with E-state index in [1.54, 1.807) is 12.4 Å². The summed E-state index contributed by atoms with van der Waals surface area (Å²) < 4.78 is 1.04. The van der Waals surface area contributed by atoms with Crippen LogP contribution in [0.1, 0.15) is 28.6 Å². The van der Waals surface area contributed by atoms with Gasteiger partial charge in [0.15, 0.2) is 0 Å². The van der Waals surface area contributed by atoms with E-state index in [9.17, 15) is 4.79 Å². The van der Waals surface area contributed by atoms with Crippen LogP contribution in [-0.2, 0) is 6.42 Å². The predicted octanol–water partition coefficient (Wildman–Crippen LogP) is 2.35. The minimum Gasteiger partial charge on any atom is -0.365 e. The molecule has 0 saturated carbocycles. The van der Waals surface area contributed by atoms with Gasteiger partial charge in [-0.1, -0.05) is 13.3 Å². The van der Waals surface area contributed by atoms with Crippen molar-refractivity contribution in [3.05, 3.63) is 28.9 Å². The van der Waals surface area contributed by atoms with Crippen molar-refractivity contribution in [2.24, 2.45) is 5.73 Å². The van der Waals surface area contributed by atoms with Crippen molar-refractivity contribution in [1.29, 1.82) is 0 Å². The van der Waals surface area contributed by atoms with Crippen LogP contribution < -0.4 is 5.73 Å². The molecule has 0 aliphatic carbocycles. The molecule has 0 saturated heterocycles. The van der Waals surface area contributed by atoms with Crippen LogP contribution in [0.4, 0.5) is 0 Å². The second kappa shape index (κ2) is 3.98. The van der Waals surface area contributed by atoms with E-state index in [1.165, 1.54) is 11.3 Å². The molecule has 0 unspecified atom stereocenters. The Kier molecular flexibility index (Phi) is 2.68. The first-order valence-corrected chi connectivity index (χ1v) is 5.71. The standard InChI is InChI=1S/C11H12N2OS/c1-2-3-8-7-4-5-13-6-9(7)15-10(8)11(12)14/h4-6H,2-3H2,1H3,(H2,12,14). The summed E-state index contributed by atoms with van der Waals surface area (Å²) in [7, 11) is 0. The average molecular weight is 220 g/mol. The molecule has 0 aromatic carbocycles. The fourth-order valence-corrected chi connectivity index (χ4v) is 2.77. The van der Waals surface area contributed by atoms with Gasteiger partial charge in [0.1, 0.15) is 0 Å². The Morgan fingerprint density at radius 1 is 1.60 bits per heavy atom. The topological polar surface area (TPSA) is 56.0 Å². The Bertz CT molecular complexity index is 504. The summed E-state index contributed by atoms with van der Waals surface area (Å²) in [6.45, 7) is 2.09. The SMILES string of the molecule is CCCc1c(C(N)=O)sc2cnccc12. The summed E-state index contributed by atoms with van der Waals surface area (Å²) >= 11 is 1.43. The van der Waals surface area contributed by atoms with Gasteiger partial charge in [0, 0.05) is 12.4 Å². The number of hydrogen-bond donors (Lipinski definition) is 1. The van der Waals surface area contributed by atoms with Crippen molar-refractivity contribution in [3.63, 3.8) is 0 Å². The van der Waals surface area contributed by atoms with Crippen molar-refractivity contribution in [3.8, 4) is 0 Å². The number of pyridine rings is 1. The van der Waals surface area contributed by atoms with Crippen LogP contribution in [0.15, 0.2) is 18.5 Å². The quantitative estimate of drug-likeness (QED) is 0.863. The number of aryl methyl sites for hydroxylation is 1. The lowest BCUT2D eigenvalue weighted by atomic mass is 10.1. The number of amides is 1. The second-order valence-electron chi connectivity index (χ2n) is 3.40. The van der Waals surface area contributed by atoms with Crippen LogP contribution in [0.25, 0.3) is 10.1 Å². The van der Waals surface area contributed by atoms with E-state index >= 15 is 0 Å². The zero-order valence-corrected chi connectivity index (χ0v) is 9.30. The van der Waals surface area contributed by atoms with E-state index in [-0.39, 0.29) is 5.91 Å². The Hall–Kier alpha value is -1.42. The highest BCUT2D eigenvalue weighted by Gasteiger charge is 2.14. The molecule has 2 heterocycles. The zero-order chi connectivity index (χ0) is 10.8. The fraction of sp³-hybridized carbons (Fsp3) is 0.273. The van der Waals surface area contributed by atoms with Crippen LogP contribution in [0, 0.1) is 0 Å². The molecule has 4 heteroatoms. The summed E-state index contributed by atoms with van der Waals surface area (Å²) in [4.78, 5) is 16.0. The Morgan fingerprint density at radius 3 is 3.07 bits per heavy atom. The molecule has 2 N–H and O–H groups in total. The van der Waals surface area contributed by atoms with Crippen LogP contribution in [-0.4, -0.2) is 10.9 Å². The van der Waals surface area contributed by atoms with Crippen LogP contribution >= 0.6 is 11.3 Å². The maximum absolute atomic E-state index is 11.3. The number of primary amides is 1. The summed E-state index contributed by atoms with van der Waals surface area (Å²) in [5.41, 5.74) is 6.44. The van der Waals surface area contributed by atoms with Crippen molar-refractivity contribution < 1.29 is 4.79 Å². The number of rotatable bonds is 3. The number of nitrogens with two attached hydrogens (primary N) is 1. The van der Waals surface area contributed by atoms with Gasteiger partial charge in [0.05, 0.1) is 9.58 Å². The fourth-order valence-electron chi connectivity index (χ4n) is 1.70. The molecule has 2 rings (SSSR count). The largest absolute Gasteiger partial charge is 0.365 e. The van der Waals surface area contributed by atoms with Crippen molar-refractivity contribution in [1.82, 2.24) is 4.98 Å². The lowest BCUT2D eigenvalue weighted by Crippen LogP contribution is -2.11. The summed E-state index contributed by atoms with van der Waals surface area (Å²) in [6.07, 6.45) is 5.43. The van der Waals surface area contributed by atoms with Crippen LogP contribution in [0.5, 0.6) is 0 Å². The van der Waals surface area contributed by atoms with E-state index in [1.807, 2.05) is 6.07 Å². The highest BCUT2D eigenvalue weighted by atomic mass is 32.1. The van der Waals surface area contributed by atoms with E-state index < -0.39 is 0 Å². The van der Waals surface area contributed by atoms with Crippen molar-refractivity contribution in [2.45, 2.75) is 19.8 Å². The maximum Gasteiger partial charge on any atom is 0.259 e. The molecule has 0 atom stereocenters. The zero-order valence-electron chi connectivity index (χ0n) is 8.49. The van der Waals surface area contributed by atoms with Gasteiger partial charge in [-0.2, -0.15) is 0 Å². The number of aromatic nitrogens is 1. The molecule has 0 radical (unpaired) electrons. The highest BCUT2D eigenvalue weighted by Crippen LogP contribution is 2.31. The normalized spacial score (nSPS) is 10.7. The van der Waals surface area contributed by atoms with Gasteiger partial charge >= 0.3 is 0 Å². The predicted molar refractivity (Wildman–Crippen MR) is 62.1 cm³/mol. The Morgan fingerprint density at radius 2 is 2.40 bits per heavy atom. The minimum absolute atomic E-state index is 0.334. The minimum atomic E-state index is -0.334. The molecule has 1 amide bonds. The summed E-state index contributed by atoms with van der Waals surface area (Å²) in [5, 5.41) is 1.12. The first-order chi connectivity index (χ1) is 7.24. The van der Waals surface area contributed by atoms with Gasteiger partial charge < -0.3 is 5.73 Å². The molecule has 0 spiro atoms. The van der Waals surface area contributed by atoms with Crippen molar-refractivity contribution in [2.75, 3.05) is 0 Å². The highest BCUT2D eigenvalue weighted by molar-refractivity contribution is 7.21. The molecule has 0 fully saturated rings. The molecular formula is C11H12N2OS. The first-order valence-electron chi connectivity index (χ1n) is 4.89. The van der Waals surface area contributed by atoms with E-state index in [0.29, 0.717) is 4.88 Å². The number of carbonyl (C=O) groups excluding carboxylic acids is 1. The molecule has 0 bridgehead atoms. The Labute approximate surface area is 91.9 Å². The third kappa shape index (κ3) is 1.72. The van der Waals surface area contributed by atoms with Gasteiger partial charge in [-0.25, -0.2) is 0 Å². The Balaban J connectivity index is 2.68. The lowest BCUT2D eigenvalue weighted by Gasteiger charge is -1.98. The number of thiophene rings is 1. The van der Waals surface area contributed by atoms with Crippen LogP contribution in [0.3, 0.4) is 0 Å². The van der Waals surface area contributed by atoms with Gasteiger partial charge in [0.2, 0.25) is 0 Å². The smallest absolute Gasteiger partial charge is 0.259 e. The molecule has 3 nitrogen and oxygen atoms in total. The van der Waals surface area contributed by atoms with E-state index in [0.717, 1.165) is 28.5 Å².